The second-order valence-corrected chi connectivity index (χ2v) is 5.48. The predicted molar refractivity (Wildman–Crippen MR) is 70.0 cm³/mol. The summed E-state index contributed by atoms with van der Waals surface area (Å²) in [5.74, 6) is 5.08. The molecule has 0 bridgehead atoms. The van der Waals surface area contributed by atoms with Gasteiger partial charge in [0.25, 0.3) is 16.0 Å². The molecule has 2 heterocycles. The third kappa shape index (κ3) is 2.95. The minimum absolute atomic E-state index is 0.105. The molecule has 20 heavy (non-hydrogen) atoms. The number of aryl methyl sites for hydroxylation is 2. The van der Waals surface area contributed by atoms with E-state index in [2.05, 4.69) is 35.3 Å². The summed E-state index contributed by atoms with van der Waals surface area (Å²) in [5.41, 5.74) is 3.40. The second-order valence-electron chi connectivity index (χ2n) is 3.80. The molecule has 2 aromatic heterocycles. The smallest absolute Gasteiger partial charge is 0.267 e. The number of nitrogen functional groups attached to an aromatic ring is 1. The van der Waals surface area contributed by atoms with Crippen LogP contribution < -0.4 is 16.0 Å². The lowest BCUT2D eigenvalue weighted by Gasteiger charge is -2.07. The Balaban J connectivity index is 2.27. The minimum Gasteiger partial charge on any atom is -0.292 e. The van der Waals surface area contributed by atoms with E-state index < -0.39 is 10.0 Å². The average Bonchev–Trinajstić information content (AvgIpc) is 2.43. The summed E-state index contributed by atoms with van der Waals surface area (Å²) in [6.07, 6.45) is 2.22. The van der Waals surface area contributed by atoms with Crippen LogP contribution in [0.4, 0.5) is 11.9 Å². The number of hydrogen-bond donors (Lipinski definition) is 3. The van der Waals surface area contributed by atoms with Crippen LogP contribution in [-0.2, 0) is 10.0 Å². The number of nitrogens with one attached hydrogen (secondary N) is 2. The lowest BCUT2D eigenvalue weighted by Crippen LogP contribution is -2.17. The van der Waals surface area contributed by atoms with Gasteiger partial charge in [-0.1, -0.05) is 0 Å². The summed E-state index contributed by atoms with van der Waals surface area (Å²) in [6.45, 7) is 3.42. The van der Waals surface area contributed by atoms with E-state index in [4.69, 9.17) is 5.84 Å². The van der Waals surface area contributed by atoms with Gasteiger partial charge in [0.05, 0.1) is 23.8 Å². The summed E-state index contributed by atoms with van der Waals surface area (Å²) < 4.78 is 26.3. The van der Waals surface area contributed by atoms with Crippen LogP contribution in [-0.4, -0.2) is 33.6 Å². The molecule has 0 fully saturated rings. The van der Waals surface area contributed by atoms with Gasteiger partial charge in [0.15, 0.2) is 0 Å². The quantitative estimate of drug-likeness (QED) is 0.494. The van der Waals surface area contributed by atoms with Gasteiger partial charge in [0.1, 0.15) is 4.90 Å². The fourth-order valence-electron chi connectivity index (χ4n) is 1.21. The van der Waals surface area contributed by atoms with E-state index in [0.717, 1.165) is 12.4 Å². The van der Waals surface area contributed by atoms with Crippen molar-refractivity contribution in [3.63, 3.8) is 0 Å². The van der Waals surface area contributed by atoms with Crippen molar-refractivity contribution in [1.29, 1.82) is 0 Å². The number of hydrazine groups is 1. The molecule has 0 saturated carbocycles. The molecular formula is C9H12N8O2S. The molecule has 4 N–H and O–H groups in total. The van der Waals surface area contributed by atoms with Crippen molar-refractivity contribution in [2.24, 2.45) is 5.84 Å². The second kappa shape index (κ2) is 5.30. The van der Waals surface area contributed by atoms with Crippen LogP contribution in [0, 0.1) is 13.8 Å². The maximum Gasteiger partial charge on any atom is 0.267 e. The molecule has 11 heteroatoms. The van der Waals surface area contributed by atoms with Gasteiger partial charge in [-0.05, 0) is 13.8 Å². The Morgan fingerprint density at radius 2 is 1.70 bits per heavy atom. The van der Waals surface area contributed by atoms with Crippen LogP contribution in [0.2, 0.25) is 0 Å². The molecule has 0 aromatic carbocycles. The largest absolute Gasteiger partial charge is 0.292 e. The van der Waals surface area contributed by atoms with Crippen LogP contribution >= 0.6 is 0 Å². The maximum absolute atomic E-state index is 12.0. The molecule has 2 aromatic rings. The number of anilines is 2. The van der Waals surface area contributed by atoms with Crippen molar-refractivity contribution in [3.8, 4) is 0 Å². The topological polar surface area (TPSA) is 149 Å². The molecule has 0 amide bonds. The highest BCUT2D eigenvalue weighted by Crippen LogP contribution is 2.12. The maximum atomic E-state index is 12.0. The Kier molecular flexibility index (Phi) is 3.72. The molecule has 0 aliphatic rings. The summed E-state index contributed by atoms with van der Waals surface area (Å²) in [7, 11) is -3.88. The molecule has 0 aliphatic carbocycles. The summed E-state index contributed by atoms with van der Waals surface area (Å²) in [4.78, 5) is 11.3. The lowest BCUT2D eigenvalue weighted by atomic mass is 10.4. The van der Waals surface area contributed by atoms with Crippen LogP contribution in [0.15, 0.2) is 17.3 Å². The van der Waals surface area contributed by atoms with Crippen molar-refractivity contribution in [1.82, 2.24) is 25.1 Å². The first kappa shape index (κ1) is 14.0. The van der Waals surface area contributed by atoms with Crippen LogP contribution in [0.5, 0.6) is 0 Å². The van der Waals surface area contributed by atoms with E-state index in [-0.39, 0.29) is 16.8 Å². The van der Waals surface area contributed by atoms with Crippen molar-refractivity contribution < 1.29 is 8.42 Å². The highest BCUT2D eigenvalue weighted by molar-refractivity contribution is 7.92. The van der Waals surface area contributed by atoms with E-state index in [0.29, 0.717) is 11.4 Å². The number of aromatic nitrogens is 5. The normalized spacial score (nSPS) is 11.2. The van der Waals surface area contributed by atoms with Gasteiger partial charge in [-0.25, -0.2) is 33.9 Å². The first-order valence-electron chi connectivity index (χ1n) is 5.42. The molecule has 0 radical (unpaired) electrons. The molecule has 0 unspecified atom stereocenters. The molecule has 0 spiro atoms. The van der Waals surface area contributed by atoms with Gasteiger partial charge in [0, 0.05) is 0 Å². The van der Waals surface area contributed by atoms with E-state index in [1.165, 1.54) is 0 Å². The van der Waals surface area contributed by atoms with Crippen LogP contribution in [0.1, 0.15) is 11.4 Å². The van der Waals surface area contributed by atoms with Gasteiger partial charge in [-0.3, -0.25) is 5.43 Å². The molecular weight excluding hydrogens is 284 g/mol. The molecule has 0 atom stereocenters. The number of nitrogens with two attached hydrogens (primary N) is 1. The summed E-state index contributed by atoms with van der Waals surface area (Å²) in [5, 5.41) is 7.45. The Bertz CT molecular complexity index is 715. The average molecular weight is 296 g/mol. The third-order valence-electron chi connectivity index (χ3n) is 2.39. The first-order valence-corrected chi connectivity index (χ1v) is 6.90. The first-order chi connectivity index (χ1) is 9.42. The predicted octanol–water partition coefficient (Wildman–Crippen LogP) is -0.635. The fraction of sp³-hybridized carbons (Fsp3) is 0.222. The summed E-state index contributed by atoms with van der Waals surface area (Å²) >= 11 is 0. The highest BCUT2D eigenvalue weighted by Gasteiger charge is 2.17. The van der Waals surface area contributed by atoms with Crippen molar-refractivity contribution in [2.45, 2.75) is 18.7 Å². The highest BCUT2D eigenvalue weighted by atomic mass is 32.2. The number of hydrogen-bond acceptors (Lipinski definition) is 9. The van der Waals surface area contributed by atoms with Gasteiger partial charge < -0.3 is 0 Å². The van der Waals surface area contributed by atoms with E-state index in [1.54, 1.807) is 13.8 Å². The molecule has 0 saturated heterocycles. The molecule has 106 valence electrons. The number of nitrogens with zero attached hydrogens (tertiary/aromatic N) is 5. The minimum atomic E-state index is -3.88. The van der Waals surface area contributed by atoms with Gasteiger partial charge in [0.2, 0.25) is 5.95 Å². The number of sulfonamides is 1. The SMILES string of the molecule is Cc1nnc(NS(=O)(=O)c2cnc(NN)nc2)nc1C. The number of rotatable bonds is 4. The monoisotopic (exact) mass is 296 g/mol. The zero-order valence-corrected chi connectivity index (χ0v) is 11.5. The Morgan fingerprint density at radius 1 is 1.05 bits per heavy atom. The Morgan fingerprint density at radius 3 is 2.25 bits per heavy atom. The zero-order valence-electron chi connectivity index (χ0n) is 10.7. The molecule has 10 nitrogen and oxygen atoms in total. The van der Waals surface area contributed by atoms with Gasteiger partial charge in [-0.15, -0.1) is 5.10 Å². The van der Waals surface area contributed by atoms with Crippen molar-refractivity contribution in [3.05, 3.63) is 23.8 Å². The van der Waals surface area contributed by atoms with E-state index in [9.17, 15) is 8.42 Å². The van der Waals surface area contributed by atoms with E-state index >= 15 is 0 Å². The summed E-state index contributed by atoms with van der Waals surface area (Å²) in [6, 6.07) is 0. The zero-order chi connectivity index (χ0) is 14.8. The van der Waals surface area contributed by atoms with Crippen molar-refractivity contribution in [2.75, 3.05) is 10.1 Å². The lowest BCUT2D eigenvalue weighted by molar-refractivity contribution is 0.599. The van der Waals surface area contributed by atoms with Gasteiger partial charge >= 0.3 is 0 Å². The Labute approximate surface area is 114 Å². The van der Waals surface area contributed by atoms with Gasteiger partial charge in [-0.2, -0.15) is 5.10 Å². The van der Waals surface area contributed by atoms with Crippen LogP contribution in [0.25, 0.3) is 0 Å². The molecule has 0 aliphatic heterocycles. The van der Waals surface area contributed by atoms with Crippen molar-refractivity contribution >= 4 is 21.9 Å². The Hall–Kier alpha value is -2.40. The van der Waals surface area contributed by atoms with E-state index in [1.807, 2.05) is 0 Å². The van der Waals surface area contributed by atoms with Crippen LogP contribution in [0.3, 0.4) is 0 Å². The molecule has 2 rings (SSSR count). The fourth-order valence-corrected chi connectivity index (χ4v) is 2.04. The standard InChI is InChI=1S/C9H12N8O2S/c1-5-6(2)15-16-9(13-5)17-20(18,19)7-3-11-8(14-10)12-4-7/h3-4H,10H2,1-2H3,(H,11,12,14)(H,13,16,17). The third-order valence-corrected chi connectivity index (χ3v) is 3.67.